The van der Waals surface area contributed by atoms with E-state index in [4.69, 9.17) is 9.84 Å². The maximum absolute atomic E-state index is 11.5. The van der Waals surface area contributed by atoms with Gasteiger partial charge >= 0.3 is 5.97 Å². The van der Waals surface area contributed by atoms with Gasteiger partial charge in [-0.05, 0) is 34.6 Å². The largest absolute Gasteiger partial charge is 0.479 e. The number of carboxylic acid groups (broad SMARTS) is 1. The topological polar surface area (TPSA) is 75.6 Å². The first kappa shape index (κ1) is 13.9. The summed E-state index contributed by atoms with van der Waals surface area (Å²) in [5.41, 5.74) is -0.346. The standard InChI is InChI=1S/C10H19NO4/c1-6(15-7(2)9(13)14)8(12)11-10(3,4)5/h6-7H,1-5H3,(H,11,12)(H,13,14)/t6?,7-/m1/s1. The fraction of sp³-hybridized carbons (Fsp3) is 0.800. The summed E-state index contributed by atoms with van der Waals surface area (Å²) in [5.74, 6) is -1.39. The van der Waals surface area contributed by atoms with Crippen molar-refractivity contribution in [1.29, 1.82) is 0 Å². The number of rotatable bonds is 4. The van der Waals surface area contributed by atoms with Crippen LogP contribution in [0.4, 0.5) is 0 Å². The normalized spacial score (nSPS) is 15.5. The summed E-state index contributed by atoms with van der Waals surface area (Å²) < 4.78 is 5.01. The van der Waals surface area contributed by atoms with Crippen molar-refractivity contribution in [3.05, 3.63) is 0 Å². The van der Waals surface area contributed by atoms with Gasteiger partial charge < -0.3 is 15.2 Å². The molecule has 0 spiro atoms. The molecule has 0 saturated heterocycles. The number of nitrogens with one attached hydrogen (secondary N) is 1. The van der Waals surface area contributed by atoms with Crippen molar-refractivity contribution < 1.29 is 19.4 Å². The highest BCUT2D eigenvalue weighted by Crippen LogP contribution is 2.03. The Labute approximate surface area is 89.8 Å². The molecule has 0 aromatic rings. The van der Waals surface area contributed by atoms with Crippen LogP contribution in [0.5, 0.6) is 0 Å². The Bertz CT molecular complexity index is 244. The second-order valence-corrected chi connectivity index (χ2v) is 4.50. The predicted octanol–water partition coefficient (Wildman–Crippen LogP) is 0.779. The van der Waals surface area contributed by atoms with Crippen molar-refractivity contribution in [3.63, 3.8) is 0 Å². The number of aliphatic carboxylic acids is 1. The highest BCUT2D eigenvalue weighted by Gasteiger charge is 2.23. The Morgan fingerprint density at radius 2 is 1.67 bits per heavy atom. The van der Waals surface area contributed by atoms with Gasteiger partial charge in [-0.15, -0.1) is 0 Å². The quantitative estimate of drug-likeness (QED) is 0.729. The number of ether oxygens (including phenoxy) is 1. The van der Waals surface area contributed by atoms with E-state index in [1.807, 2.05) is 20.8 Å². The van der Waals surface area contributed by atoms with E-state index in [0.29, 0.717) is 0 Å². The van der Waals surface area contributed by atoms with Crippen LogP contribution in [0.2, 0.25) is 0 Å². The number of carbonyl (C=O) groups is 2. The maximum Gasteiger partial charge on any atom is 0.332 e. The molecule has 0 aromatic carbocycles. The minimum absolute atomic E-state index is 0.310. The second kappa shape index (κ2) is 5.11. The van der Waals surface area contributed by atoms with Crippen molar-refractivity contribution in [2.24, 2.45) is 0 Å². The third-order valence-electron chi connectivity index (χ3n) is 1.62. The van der Waals surface area contributed by atoms with Gasteiger partial charge in [0, 0.05) is 5.54 Å². The summed E-state index contributed by atoms with van der Waals surface area (Å²) in [4.78, 5) is 22.0. The molecule has 5 nitrogen and oxygen atoms in total. The highest BCUT2D eigenvalue weighted by molar-refractivity contribution is 5.81. The van der Waals surface area contributed by atoms with Crippen molar-refractivity contribution >= 4 is 11.9 Å². The van der Waals surface area contributed by atoms with E-state index < -0.39 is 18.2 Å². The number of carbonyl (C=O) groups excluding carboxylic acids is 1. The fourth-order valence-electron chi connectivity index (χ4n) is 0.897. The van der Waals surface area contributed by atoms with Crippen LogP contribution in [0.25, 0.3) is 0 Å². The third-order valence-corrected chi connectivity index (χ3v) is 1.62. The van der Waals surface area contributed by atoms with Crippen LogP contribution < -0.4 is 5.32 Å². The molecule has 1 unspecified atom stereocenters. The molecule has 0 bridgehead atoms. The Morgan fingerprint density at radius 3 is 2.00 bits per heavy atom. The number of carboxylic acids is 1. The first-order valence-electron chi connectivity index (χ1n) is 4.84. The van der Waals surface area contributed by atoms with Crippen LogP contribution in [-0.2, 0) is 14.3 Å². The molecule has 5 heteroatoms. The Balaban J connectivity index is 4.17. The van der Waals surface area contributed by atoms with E-state index >= 15 is 0 Å². The smallest absolute Gasteiger partial charge is 0.332 e. The molecule has 0 aliphatic carbocycles. The third kappa shape index (κ3) is 6.06. The lowest BCUT2D eigenvalue weighted by Crippen LogP contribution is -2.46. The van der Waals surface area contributed by atoms with Crippen LogP contribution in [0, 0.1) is 0 Å². The minimum atomic E-state index is -1.08. The molecular weight excluding hydrogens is 198 g/mol. The molecule has 2 atom stereocenters. The Morgan fingerprint density at radius 1 is 1.20 bits per heavy atom. The summed E-state index contributed by atoms with van der Waals surface area (Å²) in [5, 5.41) is 11.3. The monoisotopic (exact) mass is 217 g/mol. The van der Waals surface area contributed by atoms with Crippen molar-refractivity contribution in [3.8, 4) is 0 Å². The molecule has 0 aliphatic heterocycles. The molecule has 2 N–H and O–H groups in total. The zero-order valence-electron chi connectivity index (χ0n) is 9.83. The van der Waals surface area contributed by atoms with Crippen LogP contribution in [0.1, 0.15) is 34.6 Å². The van der Waals surface area contributed by atoms with E-state index in [1.165, 1.54) is 13.8 Å². The Hall–Kier alpha value is -1.10. The molecule has 0 fully saturated rings. The van der Waals surface area contributed by atoms with Crippen molar-refractivity contribution in [1.82, 2.24) is 5.32 Å². The van der Waals surface area contributed by atoms with Gasteiger partial charge in [-0.2, -0.15) is 0 Å². The summed E-state index contributed by atoms with van der Waals surface area (Å²) in [6.07, 6.45) is -1.75. The molecule has 0 rings (SSSR count). The predicted molar refractivity (Wildman–Crippen MR) is 55.5 cm³/mol. The first-order chi connectivity index (χ1) is 6.63. The maximum atomic E-state index is 11.5. The summed E-state index contributed by atoms with van der Waals surface area (Å²) in [7, 11) is 0. The van der Waals surface area contributed by atoms with Gasteiger partial charge in [-0.25, -0.2) is 4.79 Å². The van der Waals surface area contributed by atoms with E-state index in [2.05, 4.69) is 5.32 Å². The molecule has 0 radical (unpaired) electrons. The van der Waals surface area contributed by atoms with E-state index in [1.54, 1.807) is 0 Å². The number of hydrogen-bond donors (Lipinski definition) is 2. The number of hydrogen-bond acceptors (Lipinski definition) is 3. The molecule has 1 amide bonds. The zero-order valence-corrected chi connectivity index (χ0v) is 9.83. The lowest BCUT2D eigenvalue weighted by Gasteiger charge is -2.24. The van der Waals surface area contributed by atoms with Gasteiger partial charge in [0.1, 0.15) is 6.10 Å². The molecule has 15 heavy (non-hydrogen) atoms. The highest BCUT2D eigenvalue weighted by atomic mass is 16.5. The lowest BCUT2D eigenvalue weighted by molar-refractivity contribution is -0.156. The van der Waals surface area contributed by atoms with Crippen LogP contribution in [0.15, 0.2) is 0 Å². The summed E-state index contributed by atoms with van der Waals surface area (Å²) in [6, 6.07) is 0. The number of amides is 1. The van der Waals surface area contributed by atoms with Crippen LogP contribution in [-0.4, -0.2) is 34.7 Å². The molecular formula is C10H19NO4. The van der Waals surface area contributed by atoms with E-state index in [9.17, 15) is 9.59 Å². The minimum Gasteiger partial charge on any atom is -0.479 e. The fourth-order valence-corrected chi connectivity index (χ4v) is 0.897. The second-order valence-electron chi connectivity index (χ2n) is 4.50. The van der Waals surface area contributed by atoms with Gasteiger partial charge in [-0.3, -0.25) is 4.79 Å². The molecule has 0 aromatic heterocycles. The van der Waals surface area contributed by atoms with E-state index in [-0.39, 0.29) is 11.4 Å². The average molecular weight is 217 g/mol. The van der Waals surface area contributed by atoms with Crippen molar-refractivity contribution in [2.75, 3.05) is 0 Å². The van der Waals surface area contributed by atoms with Crippen LogP contribution in [0.3, 0.4) is 0 Å². The molecule has 0 aliphatic rings. The van der Waals surface area contributed by atoms with Gasteiger partial charge in [0.25, 0.3) is 0 Å². The van der Waals surface area contributed by atoms with Gasteiger partial charge in [-0.1, -0.05) is 0 Å². The molecule has 88 valence electrons. The van der Waals surface area contributed by atoms with Gasteiger partial charge in [0.05, 0.1) is 0 Å². The first-order valence-corrected chi connectivity index (χ1v) is 4.84. The average Bonchev–Trinajstić information content (AvgIpc) is 2.00. The van der Waals surface area contributed by atoms with E-state index in [0.717, 1.165) is 0 Å². The summed E-state index contributed by atoms with van der Waals surface area (Å²) >= 11 is 0. The molecule has 0 saturated carbocycles. The van der Waals surface area contributed by atoms with Gasteiger partial charge in [0.2, 0.25) is 5.91 Å². The zero-order chi connectivity index (χ0) is 12.2. The van der Waals surface area contributed by atoms with Gasteiger partial charge in [0.15, 0.2) is 6.10 Å². The van der Waals surface area contributed by atoms with Crippen LogP contribution >= 0.6 is 0 Å². The Kier molecular flexibility index (Phi) is 4.74. The lowest BCUT2D eigenvalue weighted by atomic mass is 10.1. The molecule has 0 heterocycles. The summed E-state index contributed by atoms with van der Waals surface area (Å²) in [6.45, 7) is 8.46. The van der Waals surface area contributed by atoms with Crippen molar-refractivity contribution in [2.45, 2.75) is 52.4 Å². The SMILES string of the molecule is CC(O[C@H](C)C(=O)O)C(=O)NC(C)(C)C.